The number of alkyl halides is 1. The average molecular weight is 314 g/mol. The van der Waals surface area contributed by atoms with Crippen molar-refractivity contribution < 1.29 is 17.2 Å². The monoisotopic (exact) mass is 313 g/mol. The van der Waals surface area contributed by atoms with Crippen LogP contribution in [0, 0.1) is 11.6 Å². The van der Waals surface area contributed by atoms with Crippen LogP contribution in [0.5, 0.6) is 0 Å². The Balaban J connectivity index is 2.93. The van der Waals surface area contributed by atoms with Crippen molar-refractivity contribution in [2.75, 3.05) is 11.9 Å². The molecule has 1 aromatic carbocycles. The number of rotatable bonds is 5. The molecule has 0 unspecified atom stereocenters. The molecule has 0 aliphatic rings. The first kappa shape index (κ1) is 13.5. The smallest absolute Gasteiger partial charge is 0.211 e. The lowest BCUT2D eigenvalue weighted by molar-refractivity contribution is 0.545. The van der Waals surface area contributed by atoms with Crippen molar-refractivity contribution in [1.82, 2.24) is 4.72 Å². The second-order valence-electron chi connectivity index (χ2n) is 3.02. The summed E-state index contributed by atoms with van der Waals surface area (Å²) in [6.45, 7) is 0.170. The molecule has 1 N–H and O–H groups in total. The fraction of sp³-hybridized carbons (Fsp3) is 0.333. The van der Waals surface area contributed by atoms with Crippen molar-refractivity contribution >= 4 is 26.0 Å². The molecule has 0 radical (unpaired) electrons. The molecule has 0 heterocycles. The first-order valence-corrected chi connectivity index (χ1v) is 7.08. The number of benzene rings is 1. The summed E-state index contributed by atoms with van der Waals surface area (Å²) in [6, 6.07) is 2.31. The lowest BCUT2D eigenvalue weighted by atomic mass is 10.3. The van der Waals surface area contributed by atoms with Crippen LogP contribution in [0.1, 0.15) is 6.42 Å². The van der Waals surface area contributed by atoms with Gasteiger partial charge in [0.15, 0.2) is 0 Å². The van der Waals surface area contributed by atoms with E-state index in [-0.39, 0.29) is 6.54 Å². The van der Waals surface area contributed by atoms with Gasteiger partial charge in [0.2, 0.25) is 10.0 Å². The van der Waals surface area contributed by atoms with Crippen molar-refractivity contribution in [3.05, 3.63) is 29.8 Å². The molecule has 0 bridgehead atoms. The summed E-state index contributed by atoms with van der Waals surface area (Å²) < 4.78 is 51.3. The maximum Gasteiger partial charge on any atom is 0.243 e. The van der Waals surface area contributed by atoms with Gasteiger partial charge >= 0.3 is 0 Å². The molecule has 90 valence electrons. The zero-order valence-corrected chi connectivity index (χ0v) is 10.6. The molecule has 7 heteroatoms. The number of nitrogens with one attached hydrogen (secondary N) is 1. The zero-order chi connectivity index (χ0) is 12.2. The van der Waals surface area contributed by atoms with Gasteiger partial charge in [-0.25, -0.2) is 21.9 Å². The zero-order valence-electron chi connectivity index (χ0n) is 8.21. The van der Waals surface area contributed by atoms with Crippen molar-refractivity contribution in [2.45, 2.75) is 11.3 Å². The quantitative estimate of drug-likeness (QED) is 0.668. The Labute approximate surface area is 101 Å². The van der Waals surface area contributed by atoms with Gasteiger partial charge in [0, 0.05) is 11.9 Å². The maximum atomic E-state index is 13.2. The fourth-order valence-electron chi connectivity index (χ4n) is 1.03. The van der Waals surface area contributed by atoms with E-state index in [1.165, 1.54) is 0 Å². The second kappa shape index (κ2) is 5.70. The lowest BCUT2D eigenvalue weighted by Gasteiger charge is -2.06. The van der Waals surface area contributed by atoms with Crippen LogP contribution >= 0.6 is 15.9 Å². The standard InChI is InChI=1S/C9H10BrF2NO2S/c10-4-1-5-13-16(14,15)9-6-7(11)2-3-8(9)12/h2-3,6,13H,1,4-5H2. The minimum absolute atomic E-state index is 0.170. The highest BCUT2D eigenvalue weighted by Crippen LogP contribution is 2.15. The van der Waals surface area contributed by atoms with Crippen LogP contribution in [0.4, 0.5) is 8.78 Å². The molecule has 1 rings (SSSR count). The van der Waals surface area contributed by atoms with Gasteiger partial charge in [0.05, 0.1) is 0 Å². The molecular formula is C9H10BrF2NO2S. The van der Waals surface area contributed by atoms with Gasteiger partial charge in [-0.05, 0) is 24.6 Å². The molecule has 0 saturated carbocycles. The Morgan fingerprint density at radius 2 is 2.00 bits per heavy atom. The number of sulfonamides is 1. The van der Waals surface area contributed by atoms with Crippen LogP contribution < -0.4 is 4.72 Å². The predicted octanol–water partition coefficient (Wildman–Crippen LogP) is 2.03. The van der Waals surface area contributed by atoms with Crippen molar-refractivity contribution in [3.63, 3.8) is 0 Å². The highest BCUT2D eigenvalue weighted by atomic mass is 79.9. The van der Waals surface area contributed by atoms with E-state index >= 15 is 0 Å². The summed E-state index contributed by atoms with van der Waals surface area (Å²) in [7, 11) is -3.97. The third-order valence-corrected chi connectivity index (χ3v) is 3.82. The molecule has 16 heavy (non-hydrogen) atoms. The molecule has 1 aromatic rings. The summed E-state index contributed by atoms with van der Waals surface area (Å²) in [5.41, 5.74) is 0. The van der Waals surface area contributed by atoms with Gasteiger partial charge in [-0.3, -0.25) is 0 Å². The van der Waals surface area contributed by atoms with Crippen LogP contribution in [-0.4, -0.2) is 20.3 Å². The first-order valence-electron chi connectivity index (χ1n) is 4.48. The molecule has 0 atom stereocenters. The van der Waals surface area contributed by atoms with Crippen molar-refractivity contribution in [3.8, 4) is 0 Å². The number of hydrogen-bond donors (Lipinski definition) is 1. The Kier molecular flexibility index (Phi) is 4.82. The lowest BCUT2D eigenvalue weighted by Crippen LogP contribution is -2.26. The summed E-state index contributed by atoms with van der Waals surface area (Å²) in [5.74, 6) is -1.75. The largest absolute Gasteiger partial charge is 0.243 e. The highest BCUT2D eigenvalue weighted by Gasteiger charge is 2.18. The summed E-state index contributed by atoms with van der Waals surface area (Å²) in [6.07, 6.45) is 0.566. The Hall–Kier alpha value is -0.530. The van der Waals surface area contributed by atoms with Crippen LogP contribution in [0.15, 0.2) is 23.1 Å². The van der Waals surface area contributed by atoms with E-state index in [1.807, 2.05) is 0 Å². The third kappa shape index (κ3) is 3.50. The predicted molar refractivity (Wildman–Crippen MR) is 60.0 cm³/mol. The van der Waals surface area contributed by atoms with E-state index in [4.69, 9.17) is 0 Å². The Morgan fingerprint density at radius 1 is 1.31 bits per heavy atom. The summed E-state index contributed by atoms with van der Waals surface area (Å²) >= 11 is 3.13. The van der Waals surface area contributed by atoms with Crippen molar-refractivity contribution in [2.24, 2.45) is 0 Å². The molecule has 0 spiro atoms. The average Bonchev–Trinajstić information content (AvgIpc) is 2.22. The molecule has 0 aliphatic heterocycles. The van der Waals surface area contributed by atoms with E-state index < -0.39 is 26.6 Å². The number of hydrogen-bond acceptors (Lipinski definition) is 2. The van der Waals surface area contributed by atoms with Gasteiger partial charge in [-0.1, -0.05) is 15.9 Å². The summed E-state index contributed by atoms with van der Waals surface area (Å²) in [4.78, 5) is -0.665. The fourth-order valence-corrected chi connectivity index (χ4v) is 2.48. The topological polar surface area (TPSA) is 46.2 Å². The Bertz CT molecular complexity index is 465. The first-order chi connectivity index (χ1) is 7.47. The van der Waals surface area contributed by atoms with Gasteiger partial charge < -0.3 is 0 Å². The van der Waals surface area contributed by atoms with Gasteiger partial charge in [-0.15, -0.1) is 0 Å². The molecule has 3 nitrogen and oxygen atoms in total. The van der Waals surface area contributed by atoms with Crippen LogP contribution in [0.2, 0.25) is 0 Å². The van der Waals surface area contributed by atoms with E-state index in [0.717, 1.165) is 12.1 Å². The SMILES string of the molecule is O=S(=O)(NCCCBr)c1cc(F)ccc1F. The molecule has 0 amide bonds. The minimum Gasteiger partial charge on any atom is -0.211 e. The van der Waals surface area contributed by atoms with Gasteiger partial charge in [0.1, 0.15) is 16.5 Å². The van der Waals surface area contributed by atoms with Gasteiger partial charge in [-0.2, -0.15) is 0 Å². The van der Waals surface area contributed by atoms with Crippen LogP contribution in [0.3, 0.4) is 0 Å². The number of halogens is 3. The molecule has 0 saturated heterocycles. The normalized spacial score (nSPS) is 11.7. The van der Waals surface area contributed by atoms with E-state index in [9.17, 15) is 17.2 Å². The van der Waals surface area contributed by atoms with Gasteiger partial charge in [0.25, 0.3) is 0 Å². The van der Waals surface area contributed by atoms with Crippen LogP contribution in [0.25, 0.3) is 0 Å². The van der Waals surface area contributed by atoms with Crippen molar-refractivity contribution in [1.29, 1.82) is 0 Å². The van der Waals surface area contributed by atoms with E-state index in [1.54, 1.807) is 0 Å². The molecule has 0 aromatic heterocycles. The molecule has 0 fully saturated rings. The summed E-state index contributed by atoms with van der Waals surface area (Å²) in [5, 5.41) is 0.626. The highest BCUT2D eigenvalue weighted by molar-refractivity contribution is 9.09. The molecule has 0 aliphatic carbocycles. The second-order valence-corrected chi connectivity index (χ2v) is 5.54. The maximum absolute atomic E-state index is 13.2. The van der Waals surface area contributed by atoms with E-state index in [2.05, 4.69) is 20.7 Å². The van der Waals surface area contributed by atoms with E-state index in [0.29, 0.717) is 17.8 Å². The minimum atomic E-state index is -3.97. The van der Waals surface area contributed by atoms with Crippen LogP contribution in [-0.2, 0) is 10.0 Å². The third-order valence-electron chi connectivity index (χ3n) is 1.79. The Morgan fingerprint density at radius 3 is 2.62 bits per heavy atom. The molecular weight excluding hydrogens is 304 g/mol.